The van der Waals surface area contributed by atoms with Crippen molar-refractivity contribution in [2.24, 2.45) is 0 Å². The molecule has 3 rings (SSSR count). The molecular weight excluding hydrogens is 383 g/mol. The van der Waals surface area contributed by atoms with E-state index < -0.39 is 35.0 Å². The summed E-state index contributed by atoms with van der Waals surface area (Å²) in [4.78, 5) is 19.8. The zero-order valence-electron chi connectivity index (χ0n) is 13.9. The smallest absolute Gasteiger partial charge is 0.337 e. The molecule has 0 aliphatic rings. The Hall–Kier alpha value is -3.56. The van der Waals surface area contributed by atoms with Gasteiger partial charge in [0.1, 0.15) is 23.1 Å². The molecule has 2 N–H and O–H groups in total. The second-order valence-corrected chi connectivity index (χ2v) is 5.53. The van der Waals surface area contributed by atoms with Gasteiger partial charge in [0, 0.05) is 6.07 Å². The van der Waals surface area contributed by atoms with Crippen molar-refractivity contribution in [2.45, 2.75) is 6.18 Å². The lowest BCUT2D eigenvalue weighted by molar-refractivity contribution is -0.136. The number of aromatic nitrogens is 2. The number of carbonyl (C=O) groups excluding carboxylic acids is 1. The molecular formula is C18H11F5N4O. The summed E-state index contributed by atoms with van der Waals surface area (Å²) >= 11 is 0. The van der Waals surface area contributed by atoms with E-state index in [0.717, 1.165) is 36.7 Å². The van der Waals surface area contributed by atoms with E-state index in [1.807, 2.05) is 0 Å². The zero-order chi connectivity index (χ0) is 20.3. The Morgan fingerprint density at radius 1 is 0.929 bits per heavy atom. The van der Waals surface area contributed by atoms with Crippen LogP contribution in [0, 0.1) is 11.6 Å². The fraction of sp³-hybridized carbons (Fsp3) is 0.0556. The molecule has 10 heteroatoms. The molecule has 0 aliphatic heterocycles. The Morgan fingerprint density at radius 2 is 1.68 bits per heavy atom. The van der Waals surface area contributed by atoms with Gasteiger partial charge in [-0.25, -0.2) is 18.7 Å². The van der Waals surface area contributed by atoms with Crippen LogP contribution < -0.4 is 10.6 Å². The van der Waals surface area contributed by atoms with Gasteiger partial charge in [-0.3, -0.25) is 4.79 Å². The maximum Gasteiger partial charge on any atom is 0.418 e. The van der Waals surface area contributed by atoms with Crippen molar-refractivity contribution in [1.29, 1.82) is 0 Å². The molecule has 0 saturated carbocycles. The normalized spacial score (nSPS) is 11.2. The van der Waals surface area contributed by atoms with Crippen molar-refractivity contribution in [1.82, 2.24) is 9.97 Å². The van der Waals surface area contributed by atoms with Gasteiger partial charge in [-0.15, -0.1) is 0 Å². The van der Waals surface area contributed by atoms with Crippen LogP contribution in [0.5, 0.6) is 0 Å². The Labute approximate surface area is 155 Å². The number of amides is 1. The highest BCUT2D eigenvalue weighted by atomic mass is 19.4. The van der Waals surface area contributed by atoms with E-state index in [2.05, 4.69) is 20.6 Å². The summed E-state index contributed by atoms with van der Waals surface area (Å²) in [6, 6.07) is 7.37. The molecule has 0 spiro atoms. The molecule has 28 heavy (non-hydrogen) atoms. The molecule has 3 aromatic rings. The summed E-state index contributed by atoms with van der Waals surface area (Å²) < 4.78 is 65.4. The van der Waals surface area contributed by atoms with E-state index in [1.54, 1.807) is 0 Å². The van der Waals surface area contributed by atoms with Gasteiger partial charge in [0.05, 0.1) is 29.3 Å². The average molecular weight is 394 g/mol. The van der Waals surface area contributed by atoms with E-state index in [0.29, 0.717) is 6.07 Å². The summed E-state index contributed by atoms with van der Waals surface area (Å²) in [7, 11) is 0. The minimum Gasteiger partial charge on any atom is -0.337 e. The maximum atomic E-state index is 13.6. The largest absolute Gasteiger partial charge is 0.418 e. The highest BCUT2D eigenvalue weighted by molar-refractivity contribution is 6.03. The Morgan fingerprint density at radius 3 is 2.32 bits per heavy atom. The highest BCUT2D eigenvalue weighted by Crippen LogP contribution is 2.34. The zero-order valence-corrected chi connectivity index (χ0v) is 13.9. The van der Waals surface area contributed by atoms with Crippen molar-refractivity contribution in [2.75, 3.05) is 10.6 Å². The van der Waals surface area contributed by atoms with Crippen molar-refractivity contribution >= 4 is 23.1 Å². The molecule has 144 valence electrons. The summed E-state index contributed by atoms with van der Waals surface area (Å²) in [5.74, 6) is -2.45. The summed E-state index contributed by atoms with van der Waals surface area (Å²) in [6.07, 6.45) is -2.54. The number of carbonyl (C=O) groups is 1. The van der Waals surface area contributed by atoms with Crippen LogP contribution in [0.4, 0.5) is 39.1 Å². The Balaban J connectivity index is 1.74. The van der Waals surface area contributed by atoms with Gasteiger partial charge in [0.25, 0.3) is 5.91 Å². The van der Waals surface area contributed by atoms with Gasteiger partial charge in [0.15, 0.2) is 0 Å². The number of hydrogen-bond donors (Lipinski definition) is 2. The van der Waals surface area contributed by atoms with Gasteiger partial charge in [0.2, 0.25) is 0 Å². The molecule has 0 bridgehead atoms. The second-order valence-electron chi connectivity index (χ2n) is 5.53. The van der Waals surface area contributed by atoms with E-state index in [1.165, 1.54) is 12.1 Å². The van der Waals surface area contributed by atoms with Crippen LogP contribution in [0.15, 0.2) is 54.9 Å². The quantitative estimate of drug-likeness (QED) is 0.626. The van der Waals surface area contributed by atoms with Crippen molar-refractivity contribution < 1.29 is 26.7 Å². The number of hydrogen-bond acceptors (Lipinski definition) is 4. The molecule has 1 aromatic heterocycles. The van der Waals surface area contributed by atoms with Crippen LogP contribution in [-0.2, 0) is 6.18 Å². The molecule has 5 nitrogen and oxygen atoms in total. The SMILES string of the molecule is O=C(Nc1ccccc1C(F)(F)F)c1cnc(Nc2ccc(F)cc2F)cn1. The van der Waals surface area contributed by atoms with Crippen LogP contribution in [-0.4, -0.2) is 15.9 Å². The van der Waals surface area contributed by atoms with E-state index in [4.69, 9.17) is 0 Å². The molecule has 0 fully saturated rings. The number of para-hydroxylation sites is 1. The van der Waals surface area contributed by atoms with Crippen LogP contribution in [0.1, 0.15) is 16.1 Å². The van der Waals surface area contributed by atoms with Crippen LogP contribution in [0.2, 0.25) is 0 Å². The summed E-state index contributed by atoms with van der Waals surface area (Å²) in [5, 5.41) is 4.68. The molecule has 0 saturated heterocycles. The lowest BCUT2D eigenvalue weighted by Gasteiger charge is -2.13. The molecule has 1 amide bonds. The lowest BCUT2D eigenvalue weighted by atomic mass is 10.1. The predicted molar refractivity (Wildman–Crippen MR) is 91.1 cm³/mol. The maximum absolute atomic E-state index is 13.6. The topological polar surface area (TPSA) is 66.9 Å². The third-order valence-electron chi connectivity index (χ3n) is 3.56. The fourth-order valence-electron chi connectivity index (χ4n) is 2.26. The lowest BCUT2D eigenvalue weighted by Crippen LogP contribution is -2.18. The fourth-order valence-corrected chi connectivity index (χ4v) is 2.26. The molecule has 1 heterocycles. The number of nitrogens with one attached hydrogen (secondary N) is 2. The van der Waals surface area contributed by atoms with Crippen molar-refractivity contribution in [3.63, 3.8) is 0 Å². The first-order valence-corrected chi connectivity index (χ1v) is 7.76. The second kappa shape index (κ2) is 7.59. The van der Waals surface area contributed by atoms with E-state index in [9.17, 15) is 26.7 Å². The molecule has 0 unspecified atom stereocenters. The molecule has 0 radical (unpaired) electrons. The van der Waals surface area contributed by atoms with E-state index in [-0.39, 0.29) is 17.2 Å². The van der Waals surface area contributed by atoms with Crippen molar-refractivity contribution in [3.8, 4) is 0 Å². The Kier molecular flexibility index (Phi) is 5.21. The minimum absolute atomic E-state index is 0.0535. The first kappa shape index (κ1) is 19.2. The third kappa shape index (κ3) is 4.40. The first-order valence-electron chi connectivity index (χ1n) is 7.76. The predicted octanol–water partition coefficient (Wildman–Crippen LogP) is 4.77. The summed E-state index contributed by atoms with van der Waals surface area (Å²) in [6.45, 7) is 0. The number of alkyl halides is 3. The first-order chi connectivity index (χ1) is 13.2. The standard InChI is InChI=1S/C18H11F5N4O/c19-10-5-6-14(12(20)7-10)26-16-9-24-15(8-25-16)17(28)27-13-4-2-1-3-11(13)18(21,22)23/h1-9H,(H,25,26)(H,27,28). The van der Waals surface area contributed by atoms with Crippen LogP contribution >= 0.6 is 0 Å². The van der Waals surface area contributed by atoms with Gasteiger partial charge in [-0.1, -0.05) is 12.1 Å². The number of anilines is 3. The van der Waals surface area contributed by atoms with Crippen molar-refractivity contribution in [3.05, 3.63) is 77.8 Å². The van der Waals surface area contributed by atoms with Crippen LogP contribution in [0.25, 0.3) is 0 Å². The third-order valence-corrected chi connectivity index (χ3v) is 3.56. The highest BCUT2D eigenvalue weighted by Gasteiger charge is 2.33. The average Bonchev–Trinajstić information content (AvgIpc) is 2.64. The molecule has 2 aromatic carbocycles. The molecule has 0 aliphatic carbocycles. The Bertz CT molecular complexity index is 1010. The van der Waals surface area contributed by atoms with Gasteiger partial charge in [-0.05, 0) is 24.3 Å². The minimum atomic E-state index is -4.64. The number of rotatable bonds is 4. The summed E-state index contributed by atoms with van der Waals surface area (Å²) in [5.41, 5.74) is -1.73. The van der Waals surface area contributed by atoms with Crippen LogP contribution in [0.3, 0.4) is 0 Å². The number of benzene rings is 2. The molecule has 0 atom stereocenters. The number of halogens is 5. The number of nitrogens with zero attached hydrogens (tertiary/aromatic N) is 2. The van der Waals surface area contributed by atoms with E-state index >= 15 is 0 Å². The van der Waals surface area contributed by atoms with Gasteiger partial charge in [-0.2, -0.15) is 13.2 Å². The van der Waals surface area contributed by atoms with Gasteiger partial charge >= 0.3 is 6.18 Å². The van der Waals surface area contributed by atoms with Gasteiger partial charge < -0.3 is 10.6 Å². The monoisotopic (exact) mass is 394 g/mol.